The van der Waals surface area contributed by atoms with Crippen LogP contribution in [0.3, 0.4) is 0 Å². The Morgan fingerprint density at radius 2 is 1.95 bits per heavy atom. The third kappa shape index (κ3) is 3.86. The summed E-state index contributed by atoms with van der Waals surface area (Å²) in [5, 5.41) is 0.107. The molecule has 0 saturated carbocycles. The van der Waals surface area contributed by atoms with Gasteiger partial charge in [-0.05, 0) is 40.2 Å². The molecule has 1 aromatic carbocycles. The van der Waals surface area contributed by atoms with Gasteiger partial charge in [-0.2, -0.15) is 0 Å². The molecule has 21 heavy (non-hydrogen) atoms. The largest absolute Gasteiger partial charge is 0.307 e. The van der Waals surface area contributed by atoms with E-state index in [1.165, 1.54) is 6.07 Å². The third-order valence-electron chi connectivity index (χ3n) is 2.44. The molecule has 0 saturated heterocycles. The van der Waals surface area contributed by atoms with Gasteiger partial charge in [0.25, 0.3) is 10.0 Å². The number of hydrogen-bond acceptors (Lipinski definition) is 5. The van der Waals surface area contributed by atoms with Crippen LogP contribution >= 0.6 is 43.5 Å². The Balaban J connectivity index is 2.36. The molecule has 6 nitrogen and oxygen atoms in total. The van der Waals surface area contributed by atoms with E-state index in [2.05, 4.69) is 47.0 Å². The lowest BCUT2D eigenvalue weighted by molar-refractivity contribution is 0.601. The van der Waals surface area contributed by atoms with E-state index in [0.29, 0.717) is 10.2 Å². The van der Waals surface area contributed by atoms with Crippen LogP contribution in [0.15, 0.2) is 44.3 Å². The number of halogens is 3. The molecule has 0 spiro atoms. The second kappa shape index (κ2) is 6.49. The first-order valence-corrected chi connectivity index (χ1v) is 8.88. The van der Waals surface area contributed by atoms with Crippen LogP contribution in [0.2, 0.25) is 5.02 Å². The van der Waals surface area contributed by atoms with Gasteiger partial charge in [-0.15, -0.1) is 0 Å². The number of nitrogens with two attached hydrogens (primary N) is 1. The molecule has 0 unspecified atom stereocenters. The van der Waals surface area contributed by atoms with Crippen molar-refractivity contribution in [2.75, 3.05) is 10.1 Å². The topological polar surface area (TPSA) is 97.1 Å². The first kappa shape index (κ1) is 16.5. The van der Waals surface area contributed by atoms with Gasteiger partial charge in [0.15, 0.2) is 5.82 Å². The monoisotopic (exact) mass is 454 g/mol. The van der Waals surface area contributed by atoms with E-state index in [4.69, 9.17) is 17.4 Å². The van der Waals surface area contributed by atoms with Crippen molar-refractivity contribution < 1.29 is 8.42 Å². The highest BCUT2D eigenvalue weighted by Crippen LogP contribution is 2.29. The summed E-state index contributed by atoms with van der Waals surface area (Å²) in [5.41, 5.74) is 2.67. The van der Waals surface area contributed by atoms with E-state index >= 15 is 0 Å². The molecular weight excluding hydrogens is 447 g/mol. The number of hydrazine groups is 1. The lowest BCUT2D eigenvalue weighted by atomic mass is 10.3. The first-order chi connectivity index (χ1) is 9.83. The van der Waals surface area contributed by atoms with Gasteiger partial charge in [-0.3, -0.25) is 4.72 Å². The standard InChI is InChI=1S/C11H9Br2ClN4O2S/c12-6-1-2-10(8(13)3-6)18-21(19,20)7-4-9(14)11(17-15)16-5-7/h1-5,18H,15H2,(H,16,17). The van der Waals surface area contributed by atoms with Crippen molar-refractivity contribution >= 4 is 65.0 Å². The van der Waals surface area contributed by atoms with E-state index in [0.717, 1.165) is 10.7 Å². The fourth-order valence-electron chi connectivity index (χ4n) is 1.45. The van der Waals surface area contributed by atoms with Crippen molar-refractivity contribution in [2.24, 2.45) is 5.84 Å². The van der Waals surface area contributed by atoms with E-state index < -0.39 is 10.0 Å². The summed E-state index contributed by atoms with van der Waals surface area (Å²) < 4.78 is 28.5. The zero-order valence-corrected chi connectivity index (χ0v) is 15.0. The van der Waals surface area contributed by atoms with Crippen LogP contribution in [0.1, 0.15) is 0 Å². The number of benzene rings is 1. The van der Waals surface area contributed by atoms with E-state index in [1.54, 1.807) is 18.2 Å². The average molecular weight is 457 g/mol. The number of pyridine rings is 1. The van der Waals surface area contributed by atoms with E-state index in [-0.39, 0.29) is 15.7 Å². The van der Waals surface area contributed by atoms with Crippen LogP contribution in [0.5, 0.6) is 0 Å². The summed E-state index contributed by atoms with van der Waals surface area (Å²) >= 11 is 12.5. The Hall–Kier alpha value is -0.870. The lowest BCUT2D eigenvalue weighted by Crippen LogP contribution is -2.15. The second-order valence-corrected chi connectivity index (χ2v) is 7.74. The van der Waals surface area contributed by atoms with Crippen molar-refractivity contribution in [3.05, 3.63) is 44.4 Å². The molecule has 1 aromatic heterocycles. The smallest absolute Gasteiger partial charge is 0.263 e. The quantitative estimate of drug-likeness (QED) is 0.484. The highest BCUT2D eigenvalue weighted by Gasteiger charge is 2.18. The summed E-state index contributed by atoms with van der Waals surface area (Å²) in [6.45, 7) is 0. The normalized spacial score (nSPS) is 11.2. The van der Waals surface area contributed by atoms with Gasteiger partial charge in [-0.1, -0.05) is 27.5 Å². The van der Waals surface area contributed by atoms with E-state index in [1.807, 2.05) is 0 Å². The number of rotatable bonds is 4. The number of aromatic nitrogens is 1. The Kier molecular flexibility index (Phi) is 5.10. The summed E-state index contributed by atoms with van der Waals surface area (Å²) in [6, 6.07) is 6.33. The van der Waals surface area contributed by atoms with Crippen molar-refractivity contribution in [1.29, 1.82) is 0 Å². The molecule has 4 N–H and O–H groups in total. The van der Waals surface area contributed by atoms with Crippen LogP contribution < -0.4 is 16.0 Å². The molecule has 0 aliphatic heterocycles. The molecule has 112 valence electrons. The minimum atomic E-state index is -3.81. The molecular formula is C11H9Br2ClN4O2S. The van der Waals surface area contributed by atoms with Crippen LogP contribution in [0.25, 0.3) is 0 Å². The number of nitrogens with zero attached hydrogens (tertiary/aromatic N) is 1. The number of sulfonamides is 1. The Morgan fingerprint density at radius 1 is 1.24 bits per heavy atom. The zero-order valence-electron chi connectivity index (χ0n) is 10.3. The number of nitrogens with one attached hydrogen (secondary N) is 2. The van der Waals surface area contributed by atoms with Gasteiger partial charge in [0.1, 0.15) is 4.90 Å². The van der Waals surface area contributed by atoms with Crippen molar-refractivity contribution in [3.63, 3.8) is 0 Å². The van der Waals surface area contributed by atoms with E-state index in [9.17, 15) is 8.42 Å². The highest BCUT2D eigenvalue weighted by atomic mass is 79.9. The first-order valence-electron chi connectivity index (χ1n) is 5.43. The lowest BCUT2D eigenvalue weighted by Gasteiger charge is -2.11. The number of nitrogen functional groups attached to an aromatic ring is 1. The Morgan fingerprint density at radius 3 is 2.52 bits per heavy atom. The number of anilines is 2. The predicted octanol–water partition coefficient (Wildman–Crippen LogP) is 3.35. The molecule has 10 heteroatoms. The van der Waals surface area contributed by atoms with Gasteiger partial charge in [0.05, 0.1) is 10.7 Å². The van der Waals surface area contributed by atoms with Crippen LogP contribution in [0, 0.1) is 0 Å². The molecule has 0 amide bonds. The minimum absolute atomic E-state index is 0.0682. The maximum atomic E-state index is 12.3. The molecule has 1 heterocycles. The molecule has 0 atom stereocenters. The van der Waals surface area contributed by atoms with Crippen LogP contribution in [0.4, 0.5) is 11.5 Å². The fraction of sp³-hybridized carbons (Fsp3) is 0. The summed E-state index contributed by atoms with van der Waals surface area (Å²) in [6.07, 6.45) is 1.16. The van der Waals surface area contributed by atoms with Gasteiger partial charge < -0.3 is 5.43 Å². The molecule has 0 aliphatic rings. The van der Waals surface area contributed by atoms with Crippen LogP contribution in [-0.4, -0.2) is 13.4 Å². The Labute approximate surface area is 143 Å². The summed E-state index contributed by atoms with van der Waals surface area (Å²) in [4.78, 5) is 3.77. The third-order valence-corrected chi connectivity index (χ3v) is 5.21. The molecule has 0 aliphatic carbocycles. The number of hydrogen-bond donors (Lipinski definition) is 3. The Bertz CT molecular complexity index is 786. The summed E-state index contributed by atoms with van der Waals surface area (Å²) in [7, 11) is -3.81. The maximum absolute atomic E-state index is 12.3. The van der Waals surface area contributed by atoms with Crippen LogP contribution in [-0.2, 0) is 10.0 Å². The van der Waals surface area contributed by atoms with Gasteiger partial charge in [-0.25, -0.2) is 19.2 Å². The predicted molar refractivity (Wildman–Crippen MR) is 89.7 cm³/mol. The average Bonchev–Trinajstić information content (AvgIpc) is 2.42. The minimum Gasteiger partial charge on any atom is -0.307 e. The summed E-state index contributed by atoms with van der Waals surface area (Å²) in [5.74, 6) is 5.39. The second-order valence-electron chi connectivity index (χ2n) is 3.88. The fourth-order valence-corrected chi connectivity index (χ4v) is 4.06. The molecule has 2 aromatic rings. The molecule has 0 fully saturated rings. The van der Waals surface area contributed by atoms with Gasteiger partial charge in [0, 0.05) is 15.1 Å². The highest BCUT2D eigenvalue weighted by molar-refractivity contribution is 9.11. The molecule has 2 rings (SSSR count). The van der Waals surface area contributed by atoms with Gasteiger partial charge in [0.2, 0.25) is 0 Å². The van der Waals surface area contributed by atoms with Crippen molar-refractivity contribution in [3.8, 4) is 0 Å². The SMILES string of the molecule is NNc1ncc(S(=O)(=O)Nc2ccc(Br)cc2Br)cc1Cl. The maximum Gasteiger partial charge on any atom is 0.263 e. The van der Waals surface area contributed by atoms with Gasteiger partial charge >= 0.3 is 0 Å². The van der Waals surface area contributed by atoms with Crippen molar-refractivity contribution in [1.82, 2.24) is 4.98 Å². The molecule has 0 bridgehead atoms. The van der Waals surface area contributed by atoms with Crippen molar-refractivity contribution in [2.45, 2.75) is 4.90 Å². The zero-order chi connectivity index (χ0) is 15.6. The molecule has 0 radical (unpaired) electrons.